The summed E-state index contributed by atoms with van der Waals surface area (Å²) in [5.41, 5.74) is -3.93. The molecular weight excluding hydrogens is 389 g/mol. The summed E-state index contributed by atoms with van der Waals surface area (Å²) < 4.78 is 67.8. The second-order valence-corrected chi connectivity index (χ2v) is 8.63. The third-order valence-corrected chi connectivity index (χ3v) is 6.19. The lowest BCUT2D eigenvalue weighted by molar-refractivity contribution is -0.0328. The fraction of sp³-hybridized carbons (Fsp3) is 0.375. The highest BCUT2D eigenvalue weighted by Gasteiger charge is 2.31. The zero-order chi connectivity index (χ0) is 19.5. The number of rotatable bonds is 6. The van der Waals surface area contributed by atoms with Crippen LogP contribution in [0.4, 0.5) is 13.2 Å². The van der Waals surface area contributed by atoms with Crippen LogP contribution in [0.15, 0.2) is 43.5 Å². The Morgan fingerprint density at radius 2 is 2.12 bits per heavy atom. The van der Waals surface area contributed by atoms with E-state index >= 15 is 0 Å². The zero-order valence-corrected chi connectivity index (χ0v) is 15.9. The van der Waals surface area contributed by atoms with Crippen LogP contribution in [0, 0.1) is 0 Å². The summed E-state index contributed by atoms with van der Waals surface area (Å²) in [6.07, 6.45) is 2.84. The number of hydrogen-bond donors (Lipinski definition) is 0. The number of aromatic nitrogens is 1. The quantitative estimate of drug-likeness (QED) is 0.519. The standard InChI is InChI=1S/C16H17F3N2O3S2/c1-4-14(26(22,23)5-2)11(9-20-3)15-21-12-8-10(25-16(17,18)19)6-7-13(12)24-15/h4,6-9,11H,5H2,1-3H3/b14-4+,20-9?. The minimum atomic E-state index is -4.41. The predicted molar refractivity (Wildman–Crippen MR) is 96.3 cm³/mol. The van der Waals surface area contributed by atoms with Crippen molar-refractivity contribution in [2.24, 2.45) is 4.99 Å². The molecule has 26 heavy (non-hydrogen) atoms. The molecule has 0 spiro atoms. The number of sulfone groups is 1. The van der Waals surface area contributed by atoms with E-state index in [9.17, 15) is 21.6 Å². The number of fused-ring (bicyclic) bond motifs is 1. The molecule has 2 aromatic rings. The number of hydrogen-bond acceptors (Lipinski definition) is 6. The van der Waals surface area contributed by atoms with Crippen LogP contribution in [0.25, 0.3) is 11.1 Å². The molecule has 0 aliphatic rings. The van der Waals surface area contributed by atoms with Gasteiger partial charge in [-0.05, 0) is 36.9 Å². The van der Waals surface area contributed by atoms with E-state index in [1.807, 2.05) is 0 Å². The molecule has 1 heterocycles. The van der Waals surface area contributed by atoms with Crippen LogP contribution in [0.2, 0.25) is 0 Å². The fourth-order valence-electron chi connectivity index (χ4n) is 2.38. The number of benzene rings is 1. The molecule has 1 atom stereocenters. The van der Waals surface area contributed by atoms with Gasteiger partial charge in [-0.3, -0.25) is 4.99 Å². The molecule has 0 saturated carbocycles. The van der Waals surface area contributed by atoms with Crippen molar-refractivity contribution in [2.75, 3.05) is 12.8 Å². The Morgan fingerprint density at radius 1 is 1.42 bits per heavy atom. The molecule has 0 radical (unpaired) electrons. The van der Waals surface area contributed by atoms with Crippen LogP contribution in [0.5, 0.6) is 0 Å². The third kappa shape index (κ3) is 4.67. The predicted octanol–water partition coefficient (Wildman–Crippen LogP) is 4.56. The molecule has 0 aliphatic carbocycles. The van der Waals surface area contributed by atoms with E-state index in [1.165, 1.54) is 44.5 Å². The molecule has 2 rings (SSSR count). The first-order valence-electron chi connectivity index (χ1n) is 7.58. The normalized spacial score (nSPS) is 15.1. The van der Waals surface area contributed by atoms with Gasteiger partial charge in [-0.2, -0.15) is 13.2 Å². The number of halogens is 3. The van der Waals surface area contributed by atoms with Gasteiger partial charge in [0.1, 0.15) is 11.4 Å². The molecule has 1 unspecified atom stereocenters. The van der Waals surface area contributed by atoms with Crippen molar-refractivity contribution in [3.05, 3.63) is 35.1 Å². The van der Waals surface area contributed by atoms with E-state index in [-0.39, 0.29) is 44.3 Å². The van der Waals surface area contributed by atoms with E-state index in [2.05, 4.69) is 9.98 Å². The molecule has 10 heteroatoms. The molecule has 0 fully saturated rings. The number of alkyl halides is 3. The average molecular weight is 406 g/mol. The molecule has 0 amide bonds. The second-order valence-electron chi connectivity index (χ2n) is 5.21. The van der Waals surface area contributed by atoms with Gasteiger partial charge in [-0.25, -0.2) is 13.4 Å². The highest BCUT2D eigenvalue weighted by atomic mass is 32.2. The van der Waals surface area contributed by atoms with Gasteiger partial charge in [0.15, 0.2) is 15.4 Å². The van der Waals surface area contributed by atoms with Crippen molar-refractivity contribution < 1.29 is 26.0 Å². The smallest absolute Gasteiger partial charge is 0.440 e. The first-order valence-corrected chi connectivity index (χ1v) is 10.1. The minimum Gasteiger partial charge on any atom is -0.440 e. The first kappa shape index (κ1) is 20.5. The van der Waals surface area contributed by atoms with Crippen LogP contribution < -0.4 is 0 Å². The summed E-state index contributed by atoms with van der Waals surface area (Å²) in [6.45, 7) is 3.10. The van der Waals surface area contributed by atoms with E-state index < -0.39 is 21.3 Å². The number of nitrogens with zero attached hydrogens (tertiary/aromatic N) is 2. The largest absolute Gasteiger partial charge is 0.446 e. The lowest BCUT2D eigenvalue weighted by Crippen LogP contribution is -2.16. The van der Waals surface area contributed by atoms with Crippen LogP contribution >= 0.6 is 11.8 Å². The lowest BCUT2D eigenvalue weighted by Gasteiger charge is -2.12. The fourth-order valence-corrected chi connectivity index (χ4v) is 4.20. The van der Waals surface area contributed by atoms with Crippen molar-refractivity contribution in [3.8, 4) is 0 Å². The summed E-state index contributed by atoms with van der Waals surface area (Å²) in [5, 5.41) is 0. The molecule has 142 valence electrons. The summed E-state index contributed by atoms with van der Waals surface area (Å²) in [5.74, 6) is -0.890. The van der Waals surface area contributed by atoms with Crippen LogP contribution in [0.3, 0.4) is 0 Å². The number of oxazole rings is 1. The van der Waals surface area contributed by atoms with Crippen LogP contribution in [0.1, 0.15) is 25.7 Å². The lowest BCUT2D eigenvalue weighted by atomic mass is 10.1. The van der Waals surface area contributed by atoms with Gasteiger partial charge in [0.25, 0.3) is 0 Å². The van der Waals surface area contributed by atoms with E-state index in [1.54, 1.807) is 6.92 Å². The Labute approximate surface area is 153 Å². The van der Waals surface area contributed by atoms with E-state index in [0.717, 1.165) is 0 Å². The molecule has 0 N–H and O–H groups in total. The monoisotopic (exact) mass is 406 g/mol. The molecule has 5 nitrogen and oxygen atoms in total. The van der Waals surface area contributed by atoms with Gasteiger partial charge in [0.05, 0.1) is 10.7 Å². The van der Waals surface area contributed by atoms with Gasteiger partial charge in [0, 0.05) is 18.2 Å². The zero-order valence-electron chi connectivity index (χ0n) is 14.2. The van der Waals surface area contributed by atoms with E-state index in [0.29, 0.717) is 0 Å². The van der Waals surface area contributed by atoms with Gasteiger partial charge in [0.2, 0.25) is 5.89 Å². The molecule has 1 aromatic carbocycles. The third-order valence-electron chi connectivity index (χ3n) is 3.50. The van der Waals surface area contributed by atoms with Crippen molar-refractivity contribution in [1.29, 1.82) is 0 Å². The van der Waals surface area contributed by atoms with Crippen molar-refractivity contribution in [1.82, 2.24) is 4.98 Å². The van der Waals surface area contributed by atoms with Gasteiger partial charge >= 0.3 is 5.51 Å². The molecule has 1 aromatic heterocycles. The highest BCUT2D eigenvalue weighted by molar-refractivity contribution is 8.00. The van der Waals surface area contributed by atoms with Crippen molar-refractivity contribution in [3.63, 3.8) is 0 Å². The van der Waals surface area contributed by atoms with Crippen LogP contribution in [-0.4, -0.2) is 37.9 Å². The van der Waals surface area contributed by atoms with Gasteiger partial charge in [-0.1, -0.05) is 13.0 Å². The molecule has 0 saturated heterocycles. The Bertz CT molecular complexity index is 947. The number of aliphatic imine (C=N–C) groups is 1. The van der Waals surface area contributed by atoms with Crippen molar-refractivity contribution >= 4 is 38.9 Å². The highest BCUT2D eigenvalue weighted by Crippen LogP contribution is 2.38. The summed E-state index contributed by atoms with van der Waals surface area (Å²) in [6, 6.07) is 3.91. The number of thioether (sulfide) groups is 1. The Balaban J connectivity index is 2.52. The first-order chi connectivity index (χ1) is 12.1. The maximum Gasteiger partial charge on any atom is 0.446 e. The Kier molecular flexibility index (Phi) is 6.17. The van der Waals surface area contributed by atoms with Gasteiger partial charge in [-0.15, -0.1) is 0 Å². The maximum atomic E-state index is 12.5. The topological polar surface area (TPSA) is 72.5 Å². The second kappa shape index (κ2) is 7.83. The van der Waals surface area contributed by atoms with Crippen LogP contribution in [-0.2, 0) is 9.84 Å². The molecule has 0 bridgehead atoms. The summed E-state index contributed by atoms with van der Waals surface area (Å²) in [4.78, 5) is 8.13. The average Bonchev–Trinajstić information content (AvgIpc) is 2.96. The summed E-state index contributed by atoms with van der Waals surface area (Å²) in [7, 11) is -2.05. The SMILES string of the molecule is C/C=C(\C(C=NC)c1nc2cc(SC(F)(F)F)ccc2o1)S(=O)(=O)CC. The molecule has 0 aliphatic heterocycles. The number of allylic oxidation sites excluding steroid dienone is 2. The maximum absolute atomic E-state index is 12.5. The van der Waals surface area contributed by atoms with Crippen molar-refractivity contribution in [2.45, 2.75) is 30.2 Å². The molecular formula is C16H17F3N2O3S2. The van der Waals surface area contributed by atoms with Gasteiger partial charge < -0.3 is 4.42 Å². The Morgan fingerprint density at radius 3 is 2.65 bits per heavy atom. The summed E-state index contributed by atoms with van der Waals surface area (Å²) >= 11 is -0.253. The minimum absolute atomic E-state index is 0.0296. The van der Waals surface area contributed by atoms with E-state index in [4.69, 9.17) is 4.42 Å². The Hall–Kier alpha value is -1.81.